The number of nitrogens with zero attached hydrogens (tertiary/aromatic N) is 1. The molecule has 3 nitrogen and oxygen atoms in total. The van der Waals surface area contributed by atoms with E-state index in [-0.39, 0.29) is 6.10 Å². The summed E-state index contributed by atoms with van der Waals surface area (Å²) in [6.45, 7) is 4.10. The van der Waals surface area contributed by atoms with Gasteiger partial charge < -0.3 is 10.4 Å². The Balaban J connectivity index is 1.88. The van der Waals surface area contributed by atoms with Gasteiger partial charge in [-0.1, -0.05) is 0 Å². The molecule has 1 fully saturated rings. The number of hydrogen-bond donors (Lipinski definition) is 2. The number of aliphatic hydroxyl groups is 1. The molecule has 1 aliphatic rings. The van der Waals surface area contributed by atoms with Gasteiger partial charge in [0.2, 0.25) is 0 Å². The standard InChI is InChI=1S/C11H18N2OS/c1-8(14)4-10-7-13-11(15-10)5-9-2-3-12-6-9/h7-9,12,14H,2-6H2,1H3. The molecule has 15 heavy (non-hydrogen) atoms. The zero-order valence-electron chi connectivity index (χ0n) is 9.07. The van der Waals surface area contributed by atoms with E-state index >= 15 is 0 Å². The Labute approximate surface area is 94.5 Å². The van der Waals surface area contributed by atoms with Crippen molar-refractivity contribution in [2.45, 2.75) is 32.3 Å². The fourth-order valence-electron chi connectivity index (χ4n) is 1.96. The zero-order chi connectivity index (χ0) is 10.7. The van der Waals surface area contributed by atoms with Crippen LogP contribution in [0.4, 0.5) is 0 Å². The average Bonchev–Trinajstić information content (AvgIpc) is 2.77. The Morgan fingerprint density at radius 3 is 3.27 bits per heavy atom. The van der Waals surface area contributed by atoms with Crippen molar-refractivity contribution in [3.8, 4) is 0 Å². The lowest BCUT2D eigenvalue weighted by molar-refractivity contribution is 0.196. The summed E-state index contributed by atoms with van der Waals surface area (Å²) in [7, 11) is 0. The third-order valence-corrected chi connectivity index (χ3v) is 3.77. The number of rotatable bonds is 4. The Hall–Kier alpha value is -0.450. The normalized spacial score (nSPS) is 23.2. The van der Waals surface area contributed by atoms with Crippen LogP contribution in [0.2, 0.25) is 0 Å². The van der Waals surface area contributed by atoms with Gasteiger partial charge in [-0.15, -0.1) is 11.3 Å². The molecule has 0 amide bonds. The fourth-order valence-corrected chi connectivity index (χ4v) is 3.12. The van der Waals surface area contributed by atoms with Gasteiger partial charge in [0.25, 0.3) is 0 Å². The molecule has 1 aromatic rings. The van der Waals surface area contributed by atoms with Gasteiger partial charge in [0, 0.05) is 23.9 Å². The molecule has 1 saturated heterocycles. The van der Waals surface area contributed by atoms with Crippen molar-refractivity contribution < 1.29 is 5.11 Å². The highest BCUT2D eigenvalue weighted by atomic mass is 32.1. The number of hydrogen-bond acceptors (Lipinski definition) is 4. The molecule has 0 aromatic carbocycles. The predicted molar refractivity (Wildman–Crippen MR) is 62.2 cm³/mol. The van der Waals surface area contributed by atoms with E-state index in [1.54, 1.807) is 11.3 Å². The van der Waals surface area contributed by atoms with Crippen LogP contribution in [0.25, 0.3) is 0 Å². The predicted octanol–water partition coefficient (Wildman–Crippen LogP) is 1.22. The SMILES string of the molecule is CC(O)Cc1cnc(CC2CCNC2)s1. The molecular formula is C11H18N2OS. The van der Waals surface area contributed by atoms with Crippen molar-refractivity contribution in [3.63, 3.8) is 0 Å². The first-order valence-corrected chi connectivity index (χ1v) is 6.38. The van der Waals surface area contributed by atoms with Crippen molar-refractivity contribution in [1.29, 1.82) is 0 Å². The Kier molecular flexibility index (Phi) is 3.72. The molecule has 84 valence electrons. The molecule has 4 heteroatoms. The molecule has 2 rings (SSSR count). The zero-order valence-corrected chi connectivity index (χ0v) is 9.89. The highest BCUT2D eigenvalue weighted by molar-refractivity contribution is 7.11. The topological polar surface area (TPSA) is 45.2 Å². The monoisotopic (exact) mass is 226 g/mol. The molecule has 1 aliphatic heterocycles. The number of thiazole rings is 1. The smallest absolute Gasteiger partial charge is 0.0930 e. The van der Waals surface area contributed by atoms with E-state index in [2.05, 4.69) is 10.3 Å². The molecule has 0 bridgehead atoms. The van der Waals surface area contributed by atoms with Crippen LogP contribution in [-0.4, -0.2) is 29.3 Å². The van der Waals surface area contributed by atoms with E-state index in [0.717, 1.165) is 31.8 Å². The minimum Gasteiger partial charge on any atom is -0.393 e. The Bertz CT molecular complexity index is 305. The maximum absolute atomic E-state index is 9.27. The van der Waals surface area contributed by atoms with Crippen LogP contribution in [0.5, 0.6) is 0 Å². The van der Waals surface area contributed by atoms with Gasteiger partial charge in [0.05, 0.1) is 11.1 Å². The first-order valence-electron chi connectivity index (χ1n) is 5.56. The molecule has 0 spiro atoms. The van der Waals surface area contributed by atoms with Gasteiger partial charge in [-0.05, 0) is 32.4 Å². The first-order chi connectivity index (χ1) is 7.24. The van der Waals surface area contributed by atoms with Gasteiger partial charge in [0.1, 0.15) is 0 Å². The fraction of sp³-hybridized carbons (Fsp3) is 0.727. The minimum absolute atomic E-state index is 0.258. The maximum Gasteiger partial charge on any atom is 0.0930 e. The summed E-state index contributed by atoms with van der Waals surface area (Å²) in [6, 6.07) is 0. The van der Waals surface area contributed by atoms with Crippen molar-refractivity contribution >= 4 is 11.3 Å². The van der Waals surface area contributed by atoms with Crippen LogP contribution >= 0.6 is 11.3 Å². The lowest BCUT2D eigenvalue weighted by Gasteiger charge is -2.03. The molecule has 2 atom stereocenters. The van der Waals surface area contributed by atoms with E-state index in [1.807, 2.05) is 13.1 Å². The molecule has 2 heterocycles. The summed E-state index contributed by atoms with van der Waals surface area (Å²) in [4.78, 5) is 5.61. The van der Waals surface area contributed by atoms with Gasteiger partial charge in [0.15, 0.2) is 0 Å². The lowest BCUT2D eigenvalue weighted by atomic mass is 10.1. The average molecular weight is 226 g/mol. The molecule has 2 unspecified atom stereocenters. The lowest BCUT2D eigenvalue weighted by Crippen LogP contribution is -2.10. The Morgan fingerprint density at radius 1 is 1.73 bits per heavy atom. The summed E-state index contributed by atoms with van der Waals surface area (Å²) in [5.41, 5.74) is 0. The van der Waals surface area contributed by atoms with Crippen molar-refractivity contribution in [2.75, 3.05) is 13.1 Å². The van der Waals surface area contributed by atoms with Gasteiger partial charge in [-0.3, -0.25) is 0 Å². The van der Waals surface area contributed by atoms with Crippen LogP contribution in [0.1, 0.15) is 23.2 Å². The van der Waals surface area contributed by atoms with Crippen LogP contribution < -0.4 is 5.32 Å². The molecule has 0 radical (unpaired) electrons. The van der Waals surface area contributed by atoms with Crippen molar-refractivity contribution in [2.24, 2.45) is 5.92 Å². The second kappa shape index (κ2) is 5.05. The molecule has 2 N–H and O–H groups in total. The Morgan fingerprint density at radius 2 is 2.60 bits per heavy atom. The van der Waals surface area contributed by atoms with Crippen LogP contribution in [0, 0.1) is 5.92 Å². The van der Waals surface area contributed by atoms with Gasteiger partial charge >= 0.3 is 0 Å². The van der Waals surface area contributed by atoms with E-state index in [4.69, 9.17) is 0 Å². The van der Waals surface area contributed by atoms with Gasteiger partial charge in [-0.2, -0.15) is 0 Å². The third kappa shape index (κ3) is 3.26. The molecule has 0 aliphatic carbocycles. The number of aromatic nitrogens is 1. The summed E-state index contributed by atoms with van der Waals surface area (Å²) < 4.78 is 0. The quantitative estimate of drug-likeness (QED) is 0.811. The number of nitrogens with one attached hydrogen (secondary N) is 1. The van der Waals surface area contributed by atoms with Crippen LogP contribution in [0.15, 0.2) is 6.20 Å². The van der Waals surface area contributed by atoms with Crippen LogP contribution in [0.3, 0.4) is 0 Å². The molecular weight excluding hydrogens is 208 g/mol. The second-order valence-corrected chi connectivity index (χ2v) is 5.54. The van der Waals surface area contributed by atoms with E-state index in [0.29, 0.717) is 0 Å². The minimum atomic E-state index is -0.258. The summed E-state index contributed by atoms with van der Waals surface area (Å²) in [5.74, 6) is 0.760. The first kappa shape index (κ1) is 11.0. The second-order valence-electron chi connectivity index (χ2n) is 4.34. The summed E-state index contributed by atoms with van der Waals surface area (Å²) in [5, 5.41) is 13.9. The van der Waals surface area contributed by atoms with Crippen molar-refractivity contribution in [1.82, 2.24) is 10.3 Å². The largest absolute Gasteiger partial charge is 0.393 e. The van der Waals surface area contributed by atoms with E-state index in [9.17, 15) is 5.11 Å². The van der Waals surface area contributed by atoms with Gasteiger partial charge in [-0.25, -0.2) is 4.98 Å². The maximum atomic E-state index is 9.27. The summed E-state index contributed by atoms with van der Waals surface area (Å²) >= 11 is 1.75. The highest BCUT2D eigenvalue weighted by Crippen LogP contribution is 2.20. The van der Waals surface area contributed by atoms with Crippen molar-refractivity contribution in [3.05, 3.63) is 16.1 Å². The van der Waals surface area contributed by atoms with Crippen LogP contribution in [-0.2, 0) is 12.8 Å². The highest BCUT2D eigenvalue weighted by Gasteiger charge is 2.16. The van der Waals surface area contributed by atoms with E-state index < -0.39 is 0 Å². The van der Waals surface area contributed by atoms with E-state index in [1.165, 1.54) is 16.3 Å². The number of aliphatic hydroxyl groups excluding tert-OH is 1. The molecule has 0 saturated carbocycles. The third-order valence-electron chi connectivity index (χ3n) is 2.72. The summed E-state index contributed by atoms with van der Waals surface area (Å²) in [6.07, 6.45) is 4.75. The molecule has 1 aromatic heterocycles.